The molecule has 4 nitrogen and oxygen atoms in total. The van der Waals surface area contributed by atoms with E-state index in [0.717, 1.165) is 43.0 Å². The van der Waals surface area contributed by atoms with E-state index in [1.165, 1.54) is 69.9 Å². The van der Waals surface area contributed by atoms with Gasteiger partial charge < -0.3 is 14.2 Å². The summed E-state index contributed by atoms with van der Waals surface area (Å²) in [5.74, 6) is 2.50. The zero-order chi connectivity index (χ0) is 20.5. The minimum absolute atomic E-state index is 0.468. The predicted molar refractivity (Wildman–Crippen MR) is 119 cm³/mol. The Bertz CT molecular complexity index is 606. The Kier molecular flexibility index (Phi) is 9.13. The lowest BCUT2D eigenvalue weighted by atomic mass is 9.80. The van der Waals surface area contributed by atoms with Crippen LogP contribution >= 0.6 is 0 Å². The maximum absolute atomic E-state index is 6.12. The van der Waals surface area contributed by atoms with Crippen LogP contribution in [0, 0.1) is 5.92 Å². The zero-order valence-electron chi connectivity index (χ0n) is 18.8. The van der Waals surface area contributed by atoms with Crippen molar-refractivity contribution < 1.29 is 14.2 Å². The first-order chi connectivity index (χ1) is 14.2. The largest absolute Gasteiger partial charge is 0.493 e. The Morgan fingerprint density at radius 3 is 2.62 bits per heavy atom. The van der Waals surface area contributed by atoms with Crippen molar-refractivity contribution in [3.8, 4) is 11.5 Å². The van der Waals surface area contributed by atoms with E-state index in [1.54, 1.807) is 14.2 Å². The third-order valence-corrected chi connectivity index (χ3v) is 6.85. The summed E-state index contributed by atoms with van der Waals surface area (Å²) in [4.78, 5) is 2.76. The van der Waals surface area contributed by atoms with Crippen LogP contribution in [0.25, 0.3) is 0 Å². The first kappa shape index (κ1) is 22.4. The van der Waals surface area contributed by atoms with Gasteiger partial charge in [-0.15, -0.1) is 0 Å². The monoisotopic (exact) mass is 403 g/mol. The number of methoxy groups -OCH3 is 2. The first-order valence-electron chi connectivity index (χ1n) is 11.8. The van der Waals surface area contributed by atoms with Gasteiger partial charge in [0, 0.05) is 25.7 Å². The summed E-state index contributed by atoms with van der Waals surface area (Å²) in [6, 6.07) is 7.11. The topological polar surface area (TPSA) is 30.9 Å². The fourth-order valence-electron chi connectivity index (χ4n) is 5.20. The summed E-state index contributed by atoms with van der Waals surface area (Å²) in [6.07, 6.45) is 13.4. The van der Waals surface area contributed by atoms with Gasteiger partial charge in [0.05, 0.1) is 20.3 Å². The van der Waals surface area contributed by atoms with E-state index in [4.69, 9.17) is 14.2 Å². The van der Waals surface area contributed by atoms with Gasteiger partial charge in [-0.1, -0.05) is 32.3 Å². The Labute approximate surface area is 177 Å². The second-order valence-electron chi connectivity index (χ2n) is 8.82. The van der Waals surface area contributed by atoms with E-state index in [9.17, 15) is 0 Å². The maximum atomic E-state index is 6.12. The molecule has 1 aliphatic carbocycles. The van der Waals surface area contributed by atoms with E-state index in [2.05, 4.69) is 24.0 Å². The summed E-state index contributed by atoms with van der Waals surface area (Å²) < 4.78 is 16.9. The van der Waals surface area contributed by atoms with Crippen molar-refractivity contribution in [1.29, 1.82) is 0 Å². The number of nitrogens with zero attached hydrogens (tertiary/aromatic N) is 1. The van der Waals surface area contributed by atoms with Crippen LogP contribution in [0.3, 0.4) is 0 Å². The molecule has 4 heteroatoms. The van der Waals surface area contributed by atoms with Crippen LogP contribution in [-0.2, 0) is 11.2 Å². The van der Waals surface area contributed by atoms with Crippen molar-refractivity contribution >= 4 is 0 Å². The molecule has 3 rings (SSSR count). The van der Waals surface area contributed by atoms with Gasteiger partial charge in [-0.25, -0.2) is 0 Å². The van der Waals surface area contributed by atoms with Crippen molar-refractivity contribution in [2.75, 3.05) is 33.9 Å². The van der Waals surface area contributed by atoms with Crippen LogP contribution in [0.1, 0.15) is 70.3 Å². The highest BCUT2D eigenvalue weighted by Crippen LogP contribution is 2.35. The molecule has 1 aromatic carbocycles. The second-order valence-corrected chi connectivity index (χ2v) is 8.82. The highest BCUT2D eigenvalue weighted by atomic mass is 16.5. The molecule has 2 fully saturated rings. The van der Waals surface area contributed by atoms with E-state index in [1.807, 2.05) is 6.07 Å². The molecular weight excluding hydrogens is 362 g/mol. The quantitative estimate of drug-likeness (QED) is 0.458. The minimum Gasteiger partial charge on any atom is -0.493 e. The molecule has 3 atom stereocenters. The van der Waals surface area contributed by atoms with Crippen LogP contribution in [0.4, 0.5) is 0 Å². The summed E-state index contributed by atoms with van der Waals surface area (Å²) in [7, 11) is 3.40. The number of likely N-dealkylation sites (tertiary alicyclic amines) is 1. The smallest absolute Gasteiger partial charge is 0.160 e. The molecule has 0 radical (unpaired) electrons. The minimum atomic E-state index is 0.468. The molecule has 0 unspecified atom stereocenters. The fourth-order valence-corrected chi connectivity index (χ4v) is 5.20. The molecule has 2 aliphatic rings. The molecule has 0 bridgehead atoms. The number of benzene rings is 1. The van der Waals surface area contributed by atoms with E-state index < -0.39 is 0 Å². The van der Waals surface area contributed by atoms with Crippen molar-refractivity contribution in [1.82, 2.24) is 4.90 Å². The second kappa shape index (κ2) is 11.8. The van der Waals surface area contributed by atoms with Crippen molar-refractivity contribution in [3.05, 3.63) is 23.8 Å². The van der Waals surface area contributed by atoms with Gasteiger partial charge >= 0.3 is 0 Å². The highest BCUT2D eigenvalue weighted by molar-refractivity contribution is 5.42. The third-order valence-electron chi connectivity index (χ3n) is 6.85. The fraction of sp³-hybridized carbons (Fsp3) is 0.760. The molecule has 1 saturated carbocycles. The van der Waals surface area contributed by atoms with Crippen LogP contribution < -0.4 is 9.47 Å². The van der Waals surface area contributed by atoms with E-state index >= 15 is 0 Å². The zero-order valence-corrected chi connectivity index (χ0v) is 18.8. The molecule has 1 aromatic rings. The van der Waals surface area contributed by atoms with Gasteiger partial charge in [0.15, 0.2) is 11.5 Å². The number of hydrogen-bond donors (Lipinski definition) is 0. The average Bonchev–Trinajstić information content (AvgIpc) is 3.23. The normalized spacial score (nSPS) is 25.3. The van der Waals surface area contributed by atoms with Gasteiger partial charge in [0.2, 0.25) is 0 Å². The van der Waals surface area contributed by atoms with E-state index in [-0.39, 0.29) is 0 Å². The van der Waals surface area contributed by atoms with Gasteiger partial charge in [0.25, 0.3) is 0 Å². The molecule has 0 N–H and O–H groups in total. The van der Waals surface area contributed by atoms with Crippen LogP contribution in [0.5, 0.6) is 11.5 Å². The van der Waals surface area contributed by atoms with Crippen LogP contribution in [-0.4, -0.2) is 51.0 Å². The number of unbranched alkanes of at least 4 members (excludes halogenated alkanes) is 1. The molecule has 164 valence electrons. The molecule has 1 heterocycles. The van der Waals surface area contributed by atoms with Gasteiger partial charge in [0.1, 0.15) is 0 Å². The van der Waals surface area contributed by atoms with Gasteiger partial charge in [-0.2, -0.15) is 0 Å². The molecule has 29 heavy (non-hydrogen) atoms. The Hall–Kier alpha value is -1.26. The first-order valence-corrected chi connectivity index (χ1v) is 11.8. The molecule has 1 aliphatic heterocycles. The molecule has 0 spiro atoms. The Morgan fingerprint density at radius 1 is 1.00 bits per heavy atom. The van der Waals surface area contributed by atoms with E-state index in [0.29, 0.717) is 6.10 Å². The lowest BCUT2D eigenvalue weighted by Gasteiger charge is -2.38. The molecular formula is C25H41NO3. The van der Waals surface area contributed by atoms with Crippen molar-refractivity contribution in [2.45, 2.75) is 83.3 Å². The third kappa shape index (κ3) is 6.36. The summed E-state index contributed by atoms with van der Waals surface area (Å²) in [6.45, 7) is 5.56. The number of ether oxygens (including phenoxy) is 3. The Balaban J connectivity index is 1.48. The average molecular weight is 404 g/mol. The lowest BCUT2D eigenvalue weighted by Crippen LogP contribution is -2.41. The van der Waals surface area contributed by atoms with Crippen molar-refractivity contribution in [3.63, 3.8) is 0 Å². The van der Waals surface area contributed by atoms with Gasteiger partial charge in [-0.3, -0.25) is 4.90 Å². The lowest BCUT2D eigenvalue weighted by molar-refractivity contribution is 0.0438. The standard InChI is InChI=1S/C25H41NO3/c1-4-5-17-29-22-15-16-26(19-22)23-12-7-6-10-21(23)11-8-9-20-13-14-24(27-2)25(18-20)28-3/h13-14,18,21-23H,4-12,15-17,19H2,1-3H3/t21-,22+,23+/m1/s1. The summed E-state index contributed by atoms with van der Waals surface area (Å²) in [5, 5.41) is 0. The Morgan fingerprint density at radius 2 is 1.83 bits per heavy atom. The predicted octanol–water partition coefficient (Wildman–Crippen LogP) is 5.48. The number of aryl methyl sites for hydroxylation is 1. The van der Waals surface area contributed by atoms with Crippen LogP contribution in [0.15, 0.2) is 18.2 Å². The molecule has 0 amide bonds. The summed E-state index contributed by atoms with van der Waals surface area (Å²) in [5.41, 5.74) is 1.35. The maximum Gasteiger partial charge on any atom is 0.160 e. The number of hydrogen-bond acceptors (Lipinski definition) is 4. The van der Waals surface area contributed by atoms with Crippen LogP contribution in [0.2, 0.25) is 0 Å². The van der Waals surface area contributed by atoms with Gasteiger partial charge in [-0.05, 0) is 68.6 Å². The number of rotatable bonds is 11. The molecule has 1 saturated heterocycles. The summed E-state index contributed by atoms with van der Waals surface area (Å²) >= 11 is 0. The molecule has 0 aromatic heterocycles. The van der Waals surface area contributed by atoms with Crippen molar-refractivity contribution in [2.24, 2.45) is 5.92 Å². The highest BCUT2D eigenvalue weighted by Gasteiger charge is 2.34. The SMILES string of the molecule is CCCCO[C@H]1CCN([C@H]2CCCC[C@@H]2CCCc2ccc(OC)c(OC)c2)C1.